The minimum Gasteiger partial charge on any atom is -0.379 e. The van der Waals surface area contributed by atoms with Crippen LogP contribution < -0.4 is 0 Å². The molecule has 1 rings (SSSR count). The average Bonchev–Trinajstić information content (AvgIpc) is 2.35. The number of likely N-dealkylation sites (N-methyl/N-ethyl adjacent to an activating group) is 1. The Balaban J connectivity index is 1.90. The first kappa shape index (κ1) is 13.9. The molecule has 0 radical (unpaired) electrons. The number of hydrogen-bond acceptors (Lipinski definition) is 4. The normalized spacial score (nSPS) is 18.2. The second kappa shape index (κ2) is 8.93. The lowest BCUT2D eigenvalue weighted by Gasteiger charge is -2.26. The van der Waals surface area contributed by atoms with Gasteiger partial charge in [-0.15, -0.1) is 0 Å². The van der Waals surface area contributed by atoms with Crippen molar-refractivity contribution in [2.75, 3.05) is 65.7 Å². The highest BCUT2D eigenvalue weighted by atomic mass is 16.5. The molecule has 0 aliphatic carbocycles. The van der Waals surface area contributed by atoms with Crippen LogP contribution in [0.5, 0.6) is 0 Å². The molecule has 16 heavy (non-hydrogen) atoms. The van der Waals surface area contributed by atoms with E-state index in [4.69, 9.17) is 9.47 Å². The fourth-order valence-corrected chi connectivity index (χ4v) is 1.85. The zero-order valence-electron chi connectivity index (χ0n) is 10.8. The summed E-state index contributed by atoms with van der Waals surface area (Å²) in [6, 6.07) is 0. The third-order valence-electron chi connectivity index (χ3n) is 3.10. The molecule has 0 atom stereocenters. The summed E-state index contributed by atoms with van der Waals surface area (Å²) in [6.07, 6.45) is 0. The van der Waals surface area contributed by atoms with Crippen molar-refractivity contribution in [1.82, 2.24) is 9.80 Å². The van der Waals surface area contributed by atoms with Crippen molar-refractivity contribution in [3.8, 4) is 0 Å². The Bertz CT molecular complexity index is 157. The maximum Gasteiger partial charge on any atom is 0.0594 e. The van der Waals surface area contributed by atoms with Crippen LogP contribution in [0.2, 0.25) is 0 Å². The zero-order chi connectivity index (χ0) is 11.6. The standard InChI is InChI=1S/C12H26N2O2/c1-3-13(4-2)5-9-15-10-6-14-7-11-16-12-8-14/h3-12H2,1-2H3. The lowest BCUT2D eigenvalue weighted by Crippen LogP contribution is -2.38. The number of nitrogens with zero attached hydrogens (tertiary/aromatic N) is 2. The largest absolute Gasteiger partial charge is 0.379 e. The van der Waals surface area contributed by atoms with Gasteiger partial charge in [0.1, 0.15) is 0 Å². The summed E-state index contributed by atoms with van der Waals surface area (Å²) in [5, 5.41) is 0. The summed E-state index contributed by atoms with van der Waals surface area (Å²) in [5.74, 6) is 0. The monoisotopic (exact) mass is 230 g/mol. The summed E-state index contributed by atoms with van der Waals surface area (Å²) in [5.41, 5.74) is 0. The van der Waals surface area contributed by atoms with Crippen LogP contribution in [0.25, 0.3) is 0 Å². The molecule has 1 aliphatic heterocycles. The minimum absolute atomic E-state index is 0.848. The van der Waals surface area contributed by atoms with E-state index >= 15 is 0 Å². The topological polar surface area (TPSA) is 24.9 Å². The molecule has 4 heteroatoms. The van der Waals surface area contributed by atoms with Crippen molar-refractivity contribution in [3.63, 3.8) is 0 Å². The van der Waals surface area contributed by atoms with Gasteiger partial charge in [0.2, 0.25) is 0 Å². The Kier molecular flexibility index (Phi) is 7.76. The molecule has 0 saturated carbocycles. The molecule has 0 aromatic rings. The van der Waals surface area contributed by atoms with E-state index in [1.165, 1.54) is 0 Å². The quantitative estimate of drug-likeness (QED) is 0.572. The van der Waals surface area contributed by atoms with Crippen molar-refractivity contribution in [3.05, 3.63) is 0 Å². The van der Waals surface area contributed by atoms with Gasteiger partial charge in [0.15, 0.2) is 0 Å². The second-order valence-corrected chi connectivity index (χ2v) is 4.09. The fourth-order valence-electron chi connectivity index (χ4n) is 1.85. The molecule has 0 amide bonds. The maximum atomic E-state index is 5.65. The Labute approximate surface area is 99.5 Å². The van der Waals surface area contributed by atoms with Crippen LogP contribution in [0.1, 0.15) is 13.8 Å². The smallest absolute Gasteiger partial charge is 0.0594 e. The SMILES string of the molecule is CCN(CC)CCOCCN1CCOCC1. The molecular weight excluding hydrogens is 204 g/mol. The van der Waals surface area contributed by atoms with E-state index in [0.717, 1.165) is 65.7 Å². The molecule has 96 valence electrons. The van der Waals surface area contributed by atoms with E-state index in [2.05, 4.69) is 23.6 Å². The Morgan fingerprint density at radius 2 is 1.81 bits per heavy atom. The van der Waals surface area contributed by atoms with Crippen molar-refractivity contribution in [2.24, 2.45) is 0 Å². The number of ether oxygens (including phenoxy) is 2. The van der Waals surface area contributed by atoms with E-state index in [0.29, 0.717) is 0 Å². The third kappa shape index (κ3) is 5.80. The van der Waals surface area contributed by atoms with Gasteiger partial charge in [-0.05, 0) is 13.1 Å². The van der Waals surface area contributed by atoms with Crippen LogP contribution >= 0.6 is 0 Å². The molecule has 0 spiro atoms. The van der Waals surface area contributed by atoms with Crippen LogP contribution in [0.15, 0.2) is 0 Å². The fraction of sp³-hybridized carbons (Fsp3) is 1.00. The zero-order valence-corrected chi connectivity index (χ0v) is 10.8. The van der Waals surface area contributed by atoms with Crippen molar-refractivity contribution in [1.29, 1.82) is 0 Å². The van der Waals surface area contributed by atoms with Crippen molar-refractivity contribution in [2.45, 2.75) is 13.8 Å². The van der Waals surface area contributed by atoms with Gasteiger partial charge in [-0.2, -0.15) is 0 Å². The third-order valence-corrected chi connectivity index (χ3v) is 3.10. The van der Waals surface area contributed by atoms with Crippen LogP contribution in [0.3, 0.4) is 0 Å². The summed E-state index contributed by atoms with van der Waals surface area (Å²) < 4.78 is 10.9. The van der Waals surface area contributed by atoms with Crippen LogP contribution in [-0.2, 0) is 9.47 Å². The van der Waals surface area contributed by atoms with Crippen LogP contribution in [0, 0.1) is 0 Å². The minimum atomic E-state index is 0.848. The summed E-state index contributed by atoms with van der Waals surface area (Å²) in [4.78, 5) is 4.79. The summed E-state index contributed by atoms with van der Waals surface area (Å²) in [7, 11) is 0. The molecule has 1 heterocycles. The molecule has 1 aliphatic rings. The van der Waals surface area contributed by atoms with Gasteiger partial charge in [-0.25, -0.2) is 0 Å². The Morgan fingerprint density at radius 1 is 1.12 bits per heavy atom. The molecule has 4 nitrogen and oxygen atoms in total. The first-order valence-corrected chi connectivity index (χ1v) is 6.47. The van der Waals surface area contributed by atoms with E-state index in [1.807, 2.05) is 0 Å². The number of rotatable bonds is 8. The Morgan fingerprint density at radius 3 is 2.44 bits per heavy atom. The molecule has 0 aromatic carbocycles. The first-order chi connectivity index (χ1) is 7.86. The van der Waals surface area contributed by atoms with Gasteiger partial charge in [-0.3, -0.25) is 4.90 Å². The van der Waals surface area contributed by atoms with Crippen LogP contribution in [-0.4, -0.2) is 75.5 Å². The molecule has 0 unspecified atom stereocenters. The average molecular weight is 230 g/mol. The highest BCUT2D eigenvalue weighted by Gasteiger charge is 2.09. The summed E-state index contributed by atoms with van der Waals surface area (Å²) in [6.45, 7) is 14.3. The maximum absolute atomic E-state index is 5.65. The molecule has 0 aromatic heterocycles. The van der Waals surface area contributed by atoms with Gasteiger partial charge < -0.3 is 14.4 Å². The van der Waals surface area contributed by atoms with E-state index in [1.54, 1.807) is 0 Å². The highest BCUT2D eigenvalue weighted by molar-refractivity contribution is 4.61. The molecular formula is C12H26N2O2. The first-order valence-electron chi connectivity index (χ1n) is 6.47. The van der Waals surface area contributed by atoms with Crippen molar-refractivity contribution < 1.29 is 9.47 Å². The molecule has 1 fully saturated rings. The van der Waals surface area contributed by atoms with Gasteiger partial charge in [0.05, 0.1) is 26.4 Å². The molecule has 1 saturated heterocycles. The molecule has 0 N–H and O–H groups in total. The van der Waals surface area contributed by atoms with E-state index in [9.17, 15) is 0 Å². The Hall–Kier alpha value is -0.160. The van der Waals surface area contributed by atoms with Crippen molar-refractivity contribution >= 4 is 0 Å². The van der Waals surface area contributed by atoms with Gasteiger partial charge in [0.25, 0.3) is 0 Å². The van der Waals surface area contributed by atoms with Gasteiger partial charge in [0, 0.05) is 26.2 Å². The van der Waals surface area contributed by atoms with Gasteiger partial charge in [-0.1, -0.05) is 13.8 Å². The predicted octanol–water partition coefficient (Wildman–Crippen LogP) is 0.677. The van der Waals surface area contributed by atoms with Crippen LogP contribution in [0.4, 0.5) is 0 Å². The number of morpholine rings is 1. The van der Waals surface area contributed by atoms with E-state index < -0.39 is 0 Å². The summed E-state index contributed by atoms with van der Waals surface area (Å²) >= 11 is 0. The lowest BCUT2D eigenvalue weighted by molar-refractivity contribution is 0.0181. The second-order valence-electron chi connectivity index (χ2n) is 4.09. The van der Waals surface area contributed by atoms with Gasteiger partial charge >= 0.3 is 0 Å². The number of hydrogen-bond donors (Lipinski definition) is 0. The highest BCUT2D eigenvalue weighted by Crippen LogP contribution is 1.96. The van der Waals surface area contributed by atoms with E-state index in [-0.39, 0.29) is 0 Å². The molecule has 0 bridgehead atoms. The predicted molar refractivity (Wildman–Crippen MR) is 65.9 cm³/mol. The lowest BCUT2D eigenvalue weighted by atomic mass is 10.4.